The molecule has 1 rings (SSSR count). The first-order valence-electron chi connectivity index (χ1n) is 2.84. The van der Waals surface area contributed by atoms with Gasteiger partial charge in [0.05, 0.1) is 0 Å². The molecule has 36 valence electrons. The lowest BCUT2D eigenvalue weighted by Gasteiger charge is -1.76. The molecule has 0 N–H and O–H groups in total. The van der Waals surface area contributed by atoms with Gasteiger partial charge in [0.15, 0.2) is 0 Å². The Hall–Kier alpha value is 0.217. The molecule has 1 heterocycles. The van der Waals surface area contributed by atoms with E-state index in [9.17, 15) is 0 Å². The van der Waals surface area contributed by atoms with E-state index in [1.807, 2.05) is 0 Å². The van der Waals surface area contributed by atoms with Crippen LogP contribution in [0.4, 0.5) is 0 Å². The first-order valence-corrected chi connectivity index (χ1v) is 5.14. The summed E-state index contributed by atoms with van der Waals surface area (Å²) in [5, 5.41) is 0. The van der Waals surface area contributed by atoms with Crippen LogP contribution in [-0.4, -0.2) is 8.80 Å². The van der Waals surface area contributed by atoms with E-state index in [2.05, 4.69) is 13.8 Å². The van der Waals surface area contributed by atoms with Gasteiger partial charge in [-0.2, -0.15) is 0 Å². The average molecular weight is 100 g/mol. The van der Waals surface area contributed by atoms with Crippen LogP contribution in [-0.2, 0) is 0 Å². The predicted octanol–water partition coefficient (Wildman–Crippen LogP) is 1.64. The topological polar surface area (TPSA) is 0 Å². The van der Waals surface area contributed by atoms with Gasteiger partial charge in [-0.25, -0.2) is 0 Å². The van der Waals surface area contributed by atoms with Crippen molar-refractivity contribution in [1.82, 2.24) is 0 Å². The maximum Gasteiger partial charge on any atom is 0.0390 e. The maximum absolute atomic E-state index is 2.39. The molecule has 2 unspecified atom stereocenters. The van der Waals surface area contributed by atoms with Crippen LogP contribution in [0, 0.1) is 0 Å². The molecule has 0 aromatic carbocycles. The minimum absolute atomic E-state index is 0.00617. The van der Waals surface area contributed by atoms with Gasteiger partial charge in [-0.3, -0.25) is 0 Å². The molecule has 0 radical (unpaired) electrons. The second-order valence-electron chi connectivity index (χ2n) is 2.38. The van der Waals surface area contributed by atoms with Gasteiger partial charge in [-0.05, 0) is 0 Å². The Labute approximate surface area is 41.2 Å². The first-order chi connectivity index (χ1) is 2.84. The molecule has 1 aliphatic rings. The van der Waals surface area contributed by atoms with E-state index in [1.54, 1.807) is 12.1 Å². The lowest BCUT2D eigenvalue weighted by molar-refractivity contribution is 1.21. The summed E-state index contributed by atoms with van der Waals surface area (Å²) in [4.78, 5) is 0. The van der Waals surface area contributed by atoms with Gasteiger partial charge in [-0.15, -0.1) is 0 Å². The van der Waals surface area contributed by atoms with E-state index in [0.29, 0.717) is 0 Å². The van der Waals surface area contributed by atoms with E-state index in [0.717, 1.165) is 0 Å². The number of hydrogen-bond acceptors (Lipinski definition) is 0. The van der Waals surface area contributed by atoms with Crippen molar-refractivity contribution in [2.45, 2.75) is 31.5 Å². The van der Waals surface area contributed by atoms with Crippen LogP contribution in [0.1, 0.15) is 13.8 Å². The largest absolute Gasteiger partial charge is 0.0680 e. The van der Waals surface area contributed by atoms with Gasteiger partial charge in [0.1, 0.15) is 0 Å². The van der Waals surface area contributed by atoms with Crippen LogP contribution in [0.5, 0.6) is 0 Å². The first kappa shape index (κ1) is 4.38. The average Bonchev–Trinajstić information content (AvgIpc) is 2.19. The summed E-state index contributed by atoms with van der Waals surface area (Å²) < 4.78 is 0. The smallest absolute Gasteiger partial charge is 0.0390 e. The molecule has 0 aliphatic carbocycles. The zero-order valence-corrected chi connectivity index (χ0v) is 5.72. The van der Waals surface area contributed by atoms with E-state index < -0.39 is 0 Å². The Morgan fingerprint density at radius 3 is 2.33 bits per heavy atom. The molecule has 0 aromatic heterocycles. The molecule has 1 fully saturated rings. The fourth-order valence-electron chi connectivity index (χ4n) is 0.968. The van der Waals surface area contributed by atoms with E-state index >= 15 is 0 Å². The van der Waals surface area contributed by atoms with Crippen LogP contribution in [0.25, 0.3) is 0 Å². The molecular weight excluding hydrogens is 88.1 g/mol. The van der Waals surface area contributed by atoms with Crippen molar-refractivity contribution in [3.63, 3.8) is 0 Å². The molecule has 0 bridgehead atoms. The molecule has 0 spiro atoms. The predicted molar refractivity (Wildman–Crippen MR) is 31.9 cm³/mol. The van der Waals surface area contributed by atoms with Gasteiger partial charge in [0, 0.05) is 8.80 Å². The molecule has 0 amide bonds. The SMILES string of the molecule is CC[SiH]1CC1C. The quantitative estimate of drug-likeness (QED) is 0.439. The van der Waals surface area contributed by atoms with Crippen molar-refractivity contribution in [2.24, 2.45) is 0 Å². The molecule has 1 aliphatic heterocycles. The molecule has 2 atom stereocenters. The van der Waals surface area contributed by atoms with Crippen molar-refractivity contribution < 1.29 is 0 Å². The zero-order chi connectivity index (χ0) is 4.57. The Morgan fingerprint density at radius 1 is 1.83 bits per heavy atom. The Morgan fingerprint density at radius 2 is 2.33 bits per heavy atom. The van der Waals surface area contributed by atoms with Gasteiger partial charge in [0.2, 0.25) is 0 Å². The Bertz CT molecular complexity index is 49.9. The summed E-state index contributed by atoms with van der Waals surface area (Å²) in [6.45, 7) is 4.72. The molecule has 6 heavy (non-hydrogen) atoms. The number of hydrogen-bond donors (Lipinski definition) is 0. The fourth-order valence-corrected chi connectivity index (χ4v) is 3.48. The molecule has 0 aromatic rings. The Balaban J connectivity index is 2.09. The normalized spacial score (nSPS) is 43.0. The summed E-state index contributed by atoms with van der Waals surface area (Å²) in [7, 11) is 0.00617. The zero-order valence-electron chi connectivity index (χ0n) is 4.57. The van der Waals surface area contributed by atoms with Crippen LogP contribution >= 0.6 is 0 Å². The van der Waals surface area contributed by atoms with E-state index in [-0.39, 0.29) is 8.80 Å². The highest BCUT2D eigenvalue weighted by atomic mass is 28.3. The van der Waals surface area contributed by atoms with Crippen molar-refractivity contribution >= 4 is 8.80 Å². The minimum Gasteiger partial charge on any atom is -0.0680 e. The maximum atomic E-state index is 2.39. The van der Waals surface area contributed by atoms with E-state index in [1.165, 1.54) is 5.54 Å². The molecular formula is C5H12Si. The third kappa shape index (κ3) is 0.646. The van der Waals surface area contributed by atoms with Crippen LogP contribution in [0.2, 0.25) is 17.6 Å². The summed E-state index contributed by atoms with van der Waals surface area (Å²) in [5.74, 6) is 0. The van der Waals surface area contributed by atoms with Crippen LogP contribution in [0.3, 0.4) is 0 Å². The summed E-state index contributed by atoms with van der Waals surface area (Å²) >= 11 is 0. The third-order valence-electron chi connectivity index (χ3n) is 1.80. The monoisotopic (exact) mass is 100 g/mol. The Kier molecular flexibility index (Phi) is 1.00. The van der Waals surface area contributed by atoms with Crippen molar-refractivity contribution in [3.05, 3.63) is 0 Å². The summed E-state index contributed by atoms with van der Waals surface area (Å²) in [5.41, 5.74) is 1.20. The highest BCUT2D eigenvalue weighted by molar-refractivity contribution is 6.71. The minimum atomic E-state index is 0.00617. The number of rotatable bonds is 1. The molecule has 1 heteroatoms. The van der Waals surface area contributed by atoms with Crippen LogP contribution < -0.4 is 0 Å². The van der Waals surface area contributed by atoms with E-state index in [4.69, 9.17) is 0 Å². The van der Waals surface area contributed by atoms with Gasteiger partial charge >= 0.3 is 0 Å². The highest BCUT2D eigenvalue weighted by Gasteiger charge is 2.31. The van der Waals surface area contributed by atoms with Crippen molar-refractivity contribution in [1.29, 1.82) is 0 Å². The summed E-state index contributed by atoms with van der Waals surface area (Å²) in [6.07, 6.45) is 0. The lowest BCUT2D eigenvalue weighted by atomic mass is 10.6. The second-order valence-corrected chi connectivity index (χ2v) is 6.33. The standard InChI is InChI=1S/C5H12Si/c1-3-6-4-5(6)2/h5-6H,3-4H2,1-2H3. The fraction of sp³-hybridized carbons (Fsp3) is 1.00. The summed E-state index contributed by atoms with van der Waals surface area (Å²) in [6, 6.07) is 3.18. The lowest BCUT2D eigenvalue weighted by Crippen LogP contribution is -1.80. The van der Waals surface area contributed by atoms with Crippen molar-refractivity contribution in [3.8, 4) is 0 Å². The highest BCUT2D eigenvalue weighted by Crippen LogP contribution is 2.38. The second kappa shape index (κ2) is 1.37. The third-order valence-corrected chi connectivity index (χ3v) is 5.40. The van der Waals surface area contributed by atoms with Crippen LogP contribution in [0.15, 0.2) is 0 Å². The molecule has 0 nitrogen and oxygen atoms in total. The molecule has 0 saturated carbocycles. The van der Waals surface area contributed by atoms with Gasteiger partial charge < -0.3 is 0 Å². The van der Waals surface area contributed by atoms with Crippen molar-refractivity contribution in [2.75, 3.05) is 0 Å². The van der Waals surface area contributed by atoms with Gasteiger partial charge in [0.25, 0.3) is 0 Å². The van der Waals surface area contributed by atoms with Gasteiger partial charge in [-0.1, -0.05) is 31.5 Å². The molecule has 1 saturated heterocycles.